The average Bonchev–Trinajstić information content (AvgIpc) is 2.90. The molecule has 0 aliphatic carbocycles. The number of hydrogen-bond donors (Lipinski definition) is 2. The number of likely N-dealkylation sites (N-methyl/N-ethyl adjacent to an activating group) is 1. The van der Waals surface area contributed by atoms with E-state index < -0.39 is 22.2 Å². The maximum atomic E-state index is 13.6. The number of fused-ring (bicyclic) bond motifs is 1. The Hall–Kier alpha value is -2.99. The van der Waals surface area contributed by atoms with Crippen molar-refractivity contribution in [3.05, 3.63) is 54.1 Å². The summed E-state index contributed by atoms with van der Waals surface area (Å²) in [4.78, 5) is 29.8. The minimum absolute atomic E-state index is 0.0533. The fourth-order valence-electron chi connectivity index (χ4n) is 4.42. The highest BCUT2D eigenvalue weighted by Gasteiger charge is 2.35. The Labute approximate surface area is 231 Å². The third-order valence-electron chi connectivity index (χ3n) is 6.85. The predicted molar refractivity (Wildman–Crippen MR) is 150 cm³/mol. The highest BCUT2D eigenvalue weighted by Crippen LogP contribution is 2.31. The summed E-state index contributed by atoms with van der Waals surface area (Å²) in [6.07, 6.45) is 0.460. The molecule has 2 amide bonds. The lowest BCUT2D eigenvalue weighted by Gasteiger charge is -2.38. The van der Waals surface area contributed by atoms with Crippen molar-refractivity contribution in [2.45, 2.75) is 43.7 Å². The Morgan fingerprint density at radius 1 is 1.18 bits per heavy atom. The summed E-state index contributed by atoms with van der Waals surface area (Å²) in [6.45, 7) is 4.51. The van der Waals surface area contributed by atoms with Gasteiger partial charge in [-0.25, -0.2) is 8.42 Å². The second-order valence-corrected chi connectivity index (χ2v) is 12.4. The first-order valence-electron chi connectivity index (χ1n) is 13.1. The van der Waals surface area contributed by atoms with Crippen LogP contribution in [0.3, 0.4) is 0 Å². The zero-order valence-corrected chi connectivity index (χ0v) is 24.1. The van der Waals surface area contributed by atoms with Crippen LogP contribution in [0.15, 0.2) is 53.4 Å². The first-order chi connectivity index (χ1) is 18.4. The number of nitrogens with zero attached hydrogens (tertiary/aromatic N) is 3. The van der Waals surface area contributed by atoms with E-state index in [4.69, 9.17) is 4.74 Å². The summed E-state index contributed by atoms with van der Waals surface area (Å²) >= 11 is 0. The molecule has 0 unspecified atom stereocenters. The maximum Gasteiger partial charge on any atom is 0.258 e. The van der Waals surface area contributed by atoms with Gasteiger partial charge in [0.2, 0.25) is 15.9 Å². The smallest absolute Gasteiger partial charge is 0.258 e. The molecule has 1 heterocycles. The number of amides is 2. The van der Waals surface area contributed by atoms with Crippen LogP contribution in [0.4, 0.5) is 5.69 Å². The molecule has 2 aromatic rings. The van der Waals surface area contributed by atoms with Crippen molar-refractivity contribution in [3.63, 3.8) is 0 Å². The van der Waals surface area contributed by atoms with Crippen LogP contribution in [0.2, 0.25) is 0 Å². The zero-order valence-electron chi connectivity index (χ0n) is 23.3. The Bertz CT molecular complexity index is 1240. The second kappa shape index (κ2) is 13.4. The molecule has 0 saturated carbocycles. The number of aliphatic hydroxyl groups excluding tert-OH is 1. The number of benzene rings is 2. The van der Waals surface area contributed by atoms with Crippen LogP contribution >= 0.6 is 0 Å². The number of ether oxygens (including phenoxy) is 1. The molecule has 2 aromatic carbocycles. The van der Waals surface area contributed by atoms with Crippen molar-refractivity contribution in [2.75, 3.05) is 52.7 Å². The first kappa shape index (κ1) is 30.6. The van der Waals surface area contributed by atoms with E-state index in [1.165, 1.54) is 11.4 Å². The standard InChI is InChI=1S/C28H40N4O6S/c1-20-17-32(21(2)19-33)28(35)24-16-22(29-27(34)12-9-15-30(3)4)13-14-25(24)38-26(20)18-31(5)39(36,37)23-10-7-6-8-11-23/h6-8,10-11,13-14,16,20-21,26,33H,9,12,15,17-19H2,1-5H3,(H,29,34)/t20-,21+,26+/m0/s1. The van der Waals surface area contributed by atoms with Crippen LogP contribution < -0.4 is 10.1 Å². The molecule has 39 heavy (non-hydrogen) atoms. The molecule has 0 fully saturated rings. The molecule has 0 radical (unpaired) electrons. The van der Waals surface area contributed by atoms with Gasteiger partial charge in [0, 0.05) is 31.6 Å². The monoisotopic (exact) mass is 560 g/mol. The van der Waals surface area contributed by atoms with E-state index in [1.54, 1.807) is 60.4 Å². The topological polar surface area (TPSA) is 119 Å². The minimum Gasteiger partial charge on any atom is -0.488 e. The predicted octanol–water partition coefficient (Wildman–Crippen LogP) is 2.51. The molecular weight excluding hydrogens is 520 g/mol. The number of anilines is 1. The van der Waals surface area contributed by atoms with Gasteiger partial charge >= 0.3 is 0 Å². The number of aliphatic hydroxyl groups is 1. The van der Waals surface area contributed by atoms with Gasteiger partial charge in [-0.15, -0.1) is 0 Å². The van der Waals surface area contributed by atoms with E-state index in [0.29, 0.717) is 24.3 Å². The lowest BCUT2D eigenvalue weighted by molar-refractivity contribution is -0.116. The van der Waals surface area contributed by atoms with Gasteiger partial charge in [-0.3, -0.25) is 9.59 Å². The van der Waals surface area contributed by atoms with Crippen LogP contribution in [0.5, 0.6) is 5.75 Å². The summed E-state index contributed by atoms with van der Waals surface area (Å²) in [5, 5.41) is 12.7. The lowest BCUT2D eigenvalue weighted by Crippen LogP contribution is -2.50. The number of sulfonamides is 1. The minimum atomic E-state index is -3.76. The third-order valence-corrected chi connectivity index (χ3v) is 8.68. The fraction of sp³-hybridized carbons (Fsp3) is 0.500. The highest BCUT2D eigenvalue weighted by atomic mass is 32.2. The molecule has 214 valence electrons. The van der Waals surface area contributed by atoms with Crippen molar-refractivity contribution in [2.24, 2.45) is 5.92 Å². The first-order valence-corrected chi connectivity index (χ1v) is 14.6. The van der Waals surface area contributed by atoms with Crippen molar-refractivity contribution >= 4 is 27.5 Å². The van der Waals surface area contributed by atoms with Crippen molar-refractivity contribution < 1.29 is 27.9 Å². The molecule has 0 aromatic heterocycles. The van der Waals surface area contributed by atoms with E-state index in [1.807, 2.05) is 25.9 Å². The summed E-state index contributed by atoms with van der Waals surface area (Å²) in [7, 11) is 1.64. The van der Waals surface area contributed by atoms with Crippen LogP contribution in [0.25, 0.3) is 0 Å². The van der Waals surface area contributed by atoms with E-state index >= 15 is 0 Å². The fourth-order valence-corrected chi connectivity index (χ4v) is 5.63. The number of rotatable bonds is 11. The van der Waals surface area contributed by atoms with Gasteiger partial charge in [0.1, 0.15) is 11.9 Å². The zero-order chi connectivity index (χ0) is 28.7. The Morgan fingerprint density at radius 3 is 2.51 bits per heavy atom. The molecule has 0 bridgehead atoms. The molecular formula is C28H40N4O6S. The van der Waals surface area contributed by atoms with Crippen LogP contribution in [0, 0.1) is 5.92 Å². The maximum absolute atomic E-state index is 13.6. The van der Waals surface area contributed by atoms with Gasteiger partial charge in [0.25, 0.3) is 5.91 Å². The van der Waals surface area contributed by atoms with E-state index in [2.05, 4.69) is 5.32 Å². The van der Waals surface area contributed by atoms with Crippen molar-refractivity contribution in [1.82, 2.24) is 14.1 Å². The van der Waals surface area contributed by atoms with Gasteiger partial charge in [-0.1, -0.05) is 25.1 Å². The second-order valence-electron chi connectivity index (χ2n) is 10.4. The van der Waals surface area contributed by atoms with Crippen LogP contribution in [-0.2, 0) is 14.8 Å². The average molecular weight is 561 g/mol. The van der Waals surface area contributed by atoms with Gasteiger partial charge in [0.15, 0.2) is 0 Å². The molecule has 0 saturated heterocycles. The molecule has 3 rings (SSSR count). The Morgan fingerprint density at radius 2 is 1.87 bits per heavy atom. The molecule has 0 spiro atoms. The quantitative estimate of drug-likeness (QED) is 0.433. The molecule has 1 aliphatic heterocycles. The summed E-state index contributed by atoms with van der Waals surface area (Å²) < 4.78 is 33.9. The summed E-state index contributed by atoms with van der Waals surface area (Å²) in [6, 6.07) is 12.6. The Kier molecular flexibility index (Phi) is 10.5. The molecule has 11 heteroatoms. The molecule has 2 N–H and O–H groups in total. The van der Waals surface area contributed by atoms with Crippen molar-refractivity contribution in [3.8, 4) is 5.75 Å². The number of nitrogens with one attached hydrogen (secondary N) is 1. The number of carbonyl (C=O) groups excluding carboxylic acids is 2. The van der Waals surface area contributed by atoms with Gasteiger partial charge in [0.05, 0.1) is 29.7 Å². The van der Waals surface area contributed by atoms with Gasteiger partial charge in [-0.05, 0) is 64.3 Å². The third kappa shape index (κ3) is 7.78. The SMILES string of the molecule is C[C@H](CO)N1C[C@H](C)[C@@H](CN(C)S(=O)(=O)c2ccccc2)Oc2ccc(NC(=O)CCCN(C)C)cc2C1=O. The molecule has 10 nitrogen and oxygen atoms in total. The van der Waals surface area contributed by atoms with E-state index in [0.717, 1.165) is 6.54 Å². The van der Waals surface area contributed by atoms with Crippen molar-refractivity contribution in [1.29, 1.82) is 0 Å². The lowest BCUT2D eigenvalue weighted by atomic mass is 9.99. The van der Waals surface area contributed by atoms with E-state index in [9.17, 15) is 23.1 Å². The van der Waals surface area contributed by atoms with Crippen LogP contribution in [-0.4, -0.2) is 99.0 Å². The number of carbonyl (C=O) groups is 2. The molecule has 3 atom stereocenters. The molecule has 1 aliphatic rings. The van der Waals surface area contributed by atoms with Crippen LogP contribution in [0.1, 0.15) is 37.0 Å². The van der Waals surface area contributed by atoms with Gasteiger partial charge in [-0.2, -0.15) is 4.31 Å². The largest absolute Gasteiger partial charge is 0.488 e. The van der Waals surface area contributed by atoms with E-state index in [-0.39, 0.29) is 47.9 Å². The summed E-state index contributed by atoms with van der Waals surface area (Å²) in [5.41, 5.74) is 0.706. The normalized spacial score (nSPS) is 18.8. The number of hydrogen-bond acceptors (Lipinski definition) is 7. The van der Waals surface area contributed by atoms with Gasteiger partial charge < -0.3 is 25.0 Å². The highest BCUT2D eigenvalue weighted by molar-refractivity contribution is 7.89. The summed E-state index contributed by atoms with van der Waals surface area (Å²) in [5.74, 6) is -0.440. The Balaban J connectivity index is 1.89.